The minimum atomic E-state index is -0.449. The number of aromatic nitrogens is 1. The van der Waals surface area contributed by atoms with Crippen LogP contribution in [0, 0.1) is 10.7 Å². The Labute approximate surface area is 161 Å². The topological polar surface area (TPSA) is 75.9 Å². The van der Waals surface area contributed by atoms with Crippen LogP contribution in [0.5, 0.6) is 5.88 Å². The van der Waals surface area contributed by atoms with Crippen molar-refractivity contribution in [1.82, 2.24) is 4.57 Å². The molecule has 2 aromatic heterocycles. The zero-order valence-corrected chi connectivity index (χ0v) is 16.9. The lowest BCUT2D eigenvalue weighted by Crippen LogP contribution is -2.29. The SMILES string of the molecule is Cc1cc2c3c(c1)c(N=NC(N)=S)c(O)n3C(C)(C)c1ssc(=S)c1-2. The quantitative estimate of drug-likeness (QED) is 0.313. The van der Waals surface area contributed by atoms with E-state index in [0.717, 1.165) is 36.3 Å². The van der Waals surface area contributed by atoms with Gasteiger partial charge in [-0.2, -0.15) is 0 Å². The standard InChI is InChI=1S/C16H14N4OS4/c1-6-4-7-9-12(24-25-14(9)22)16(2,3)20-11(7)8(5-6)10(13(20)21)18-19-15(17)23/h4-5,21H,1-3H3,(H2,17,23). The number of rotatable bonds is 1. The van der Waals surface area contributed by atoms with Gasteiger partial charge in [-0.15, -0.1) is 10.2 Å². The van der Waals surface area contributed by atoms with Gasteiger partial charge in [-0.05, 0) is 50.7 Å². The lowest BCUT2D eigenvalue weighted by molar-refractivity contribution is 0.359. The molecule has 0 atom stereocenters. The summed E-state index contributed by atoms with van der Waals surface area (Å²) in [5, 5.41) is 19.6. The summed E-state index contributed by atoms with van der Waals surface area (Å²) < 4.78 is 2.78. The van der Waals surface area contributed by atoms with Crippen LogP contribution in [0.25, 0.3) is 22.0 Å². The Kier molecular flexibility index (Phi) is 3.63. The number of azo groups is 1. The van der Waals surface area contributed by atoms with Gasteiger partial charge in [0, 0.05) is 16.5 Å². The second kappa shape index (κ2) is 5.41. The van der Waals surface area contributed by atoms with E-state index in [-0.39, 0.29) is 11.0 Å². The lowest BCUT2D eigenvalue weighted by atomic mass is 9.90. The van der Waals surface area contributed by atoms with Gasteiger partial charge in [0.25, 0.3) is 0 Å². The van der Waals surface area contributed by atoms with E-state index in [1.165, 1.54) is 0 Å². The second-order valence-electron chi connectivity index (χ2n) is 6.47. The van der Waals surface area contributed by atoms with Gasteiger partial charge in [-0.3, -0.25) is 4.57 Å². The maximum Gasteiger partial charge on any atom is 0.221 e. The minimum Gasteiger partial charge on any atom is -0.493 e. The highest BCUT2D eigenvalue weighted by atomic mass is 32.9. The fourth-order valence-corrected chi connectivity index (χ4v) is 6.78. The lowest BCUT2D eigenvalue weighted by Gasteiger charge is -2.33. The van der Waals surface area contributed by atoms with E-state index >= 15 is 0 Å². The van der Waals surface area contributed by atoms with Crippen LogP contribution >= 0.6 is 45.1 Å². The van der Waals surface area contributed by atoms with Crippen molar-refractivity contribution in [3.63, 3.8) is 0 Å². The summed E-state index contributed by atoms with van der Waals surface area (Å²) in [4.78, 5) is 1.14. The molecule has 0 radical (unpaired) electrons. The van der Waals surface area contributed by atoms with Gasteiger partial charge < -0.3 is 10.8 Å². The third-order valence-corrected chi connectivity index (χ3v) is 7.83. The number of hydrogen-bond donors (Lipinski definition) is 2. The number of thiocarbonyl (C=S) groups is 1. The van der Waals surface area contributed by atoms with Crippen molar-refractivity contribution >= 4 is 66.8 Å². The Morgan fingerprint density at radius 2 is 2.04 bits per heavy atom. The highest BCUT2D eigenvalue weighted by Gasteiger charge is 2.39. The number of benzene rings is 1. The third-order valence-electron chi connectivity index (χ3n) is 4.42. The van der Waals surface area contributed by atoms with Crippen LogP contribution in [-0.4, -0.2) is 14.8 Å². The molecule has 0 amide bonds. The Balaban J connectivity index is 2.23. The first-order valence-corrected chi connectivity index (χ1v) is 10.4. The van der Waals surface area contributed by atoms with Crippen LogP contribution in [0.2, 0.25) is 0 Å². The molecule has 3 N–H and O–H groups in total. The molecule has 1 aromatic carbocycles. The van der Waals surface area contributed by atoms with E-state index in [9.17, 15) is 5.11 Å². The molecule has 0 spiro atoms. The molecular weight excluding hydrogens is 392 g/mol. The summed E-state index contributed by atoms with van der Waals surface area (Å²) in [6.07, 6.45) is 0. The highest BCUT2D eigenvalue weighted by molar-refractivity contribution is 7.80. The molecule has 0 unspecified atom stereocenters. The molecule has 3 heterocycles. The summed E-state index contributed by atoms with van der Waals surface area (Å²) in [6, 6.07) is 4.10. The van der Waals surface area contributed by atoms with Gasteiger partial charge >= 0.3 is 0 Å². The zero-order valence-electron chi connectivity index (χ0n) is 13.7. The molecule has 0 bridgehead atoms. The monoisotopic (exact) mass is 406 g/mol. The second-order valence-corrected chi connectivity index (χ2v) is 9.71. The Morgan fingerprint density at radius 3 is 2.72 bits per heavy atom. The normalized spacial score (nSPS) is 15.0. The van der Waals surface area contributed by atoms with Crippen LogP contribution in [-0.2, 0) is 5.54 Å². The van der Waals surface area contributed by atoms with Gasteiger partial charge in [0.15, 0.2) is 5.69 Å². The molecule has 4 rings (SSSR count). The molecule has 0 fully saturated rings. The molecule has 1 aliphatic heterocycles. The van der Waals surface area contributed by atoms with Crippen molar-refractivity contribution in [2.45, 2.75) is 26.3 Å². The fourth-order valence-electron chi connectivity index (χ4n) is 3.46. The van der Waals surface area contributed by atoms with E-state index in [1.807, 2.05) is 17.6 Å². The van der Waals surface area contributed by atoms with E-state index in [0.29, 0.717) is 5.69 Å². The highest BCUT2D eigenvalue weighted by Crippen LogP contribution is 2.55. The van der Waals surface area contributed by atoms with Crippen molar-refractivity contribution in [3.05, 3.63) is 26.4 Å². The largest absolute Gasteiger partial charge is 0.493 e. The first kappa shape index (κ1) is 16.8. The maximum atomic E-state index is 10.9. The van der Waals surface area contributed by atoms with Crippen LogP contribution in [0.4, 0.5) is 5.69 Å². The van der Waals surface area contributed by atoms with Crippen LogP contribution in [0.3, 0.4) is 0 Å². The van der Waals surface area contributed by atoms with E-state index < -0.39 is 5.54 Å². The Hall–Kier alpha value is -1.68. The summed E-state index contributed by atoms with van der Waals surface area (Å²) in [7, 11) is 3.26. The molecule has 0 saturated heterocycles. The Morgan fingerprint density at radius 1 is 1.32 bits per heavy atom. The molecule has 1 aliphatic rings. The van der Waals surface area contributed by atoms with Crippen LogP contribution < -0.4 is 5.73 Å². The van der Waals surface area contributed by atoms with Crippen molar-refractivity contribution < 1.29 is 5.11 Å². The maximum absolute atomic E-state index is 10.9. The number of aromatic hydroxyl groups is 1. The number of hydrogen-bond acceptors (Lipinski definition) is 6. The van der Waals surface area contributed by atoms with Crippen molar-refractivity contribution in [2.75, 3.05) is 0 Å². The molecule has 3 aromatic rings. The van der Waals surface area contributed by atoms with Crippen molar-refractivity contribution in [1.29, 1.82) is 0 Å². The van der Waals surface area contributed by atoms with Crippen molar-refractivity contribution in [2.24, 2.45) is 16.0 Å². The zero-order chi connectivity index (χ0) is 18.1. The summed E-state index contributed by atoms with van der Waals surface area (Å²) >= 11 is 10.4. The molecule has 0 aliphatic carbocycles. The average molecular weight is 407 g/mol. The van der Waals surface area contributed by atoms with Gasteiger partial charge in [-0.1, -0.05) is 32.9 Å². The number of fused-ring (bicyclic) bond motifs is 2. The predicted octanol–water partition coefficient (Wildman–Crippen LogP) is 5.60. The Bertz CT molecular complexity index is 1150. The van der Waals surface area contributed by atoms with Gasteiger partial charge in [-0.25, -0.2) is 0 Å². The smallest absolute Gasteiger partial charge is 0.221 e. The van der Waals surface area contributed by atoms with E-state index in [1.54, 1.807) is 20.7 Å². The van der Waals surface area contributed by atoms with Crippen molar-refractivity contribution in [3.8, 4) is 17.0 Å². The van der Waals surface area contributed by atoms with Gasteiger partial charge in [0.1, 0.15) is 3.82 Å². The molecule has 5 nitrogen and oxygen atoms in total. The molecule has 9 heteroatoms. The van der Waals surface area contributed by atoms with Gasteiger partial charge in [0.2, 0.25) is 11.0 Å². The number of aryl methyl sites for hydroxylation is 1. The molecule has 25 heavy (non-hydrogen) atoms. The molecule has 128 valence electrons. The average Bonchev–Trinajstić information content (AvgIpc) is 3.03. The summed E-state index contributed by atoms with van der Waals surface area (Å²) in [5.41, 5.74) is 9.46. The summed E-state index contributed by atoms with van der Waals surface area (Å²) in [6.45, 7) is 6.15. The van der Waals surface area contributed by atoms with E-state index in [2.05, 4.69) is 30.1 Å². The first-order chi connectivity index (χ1) is 11.7. The predicted molar refractivity (Wildman–Crippen MR) is 110 cm³/mol. The van der Waals surface area contributed by atoms with Crippen LogP contribution in [0.15, 0.2) is 22.4 Å². The van der Waals surface area contributed by atoms with E-state index in [4.69, 9.17) is 30.2 Å². The number of nitrogens with zero attached hydrogens (tertiary/aromatic N) is 3. The third kappa shape index (κ3) is 2.23. The molecule has 0 saturated carbocycles. The summed E-state index contributed by atoms with van der Waals surface area (Å²) in [5.74, 6) is 0.0572. The minimum absolute atomic E-state index is 0.0572. The first-order valence-electron chi connectivity index (χ1n) is 7.47. The number of nitrogens with two attached hydrogens (primary N) is 1. The fraction of sp³-hybridized carbons (Fsp3) is 0.250. The molecular formula is C16H14N4OS4. The van der Waals surface area contributed by atoms with Crippen LogP contribution in [0.1, 0.15) is 24.3 Å². The van der Waals surface area contributed by atoms with Gasteiger partial charge in [0.05, 0.1) is 15.9 Å².